The fraction of sp³-hybridized carbons (Fsp3) is 0.885. The molecule has 28 heavy (non-hydrogen) atoms. The number of carboxylic acids is 1. The molecule has 2 heteroatoms. The van der Waals surface area contributed by atoms with Crippen LogP contribution in [0.5, 0.6) is 0 Å². The molecule has 3 atom stereocenters. The van der Waals surface area contributed by atoms with Crippen molar-refractivity contribution in [2.45, 2.75) is 129 Å². The first kappa shape index (κ1) is 25.2. The average Bonchev–Trinajstić information content (AvgIpc) is 3.34. The van der Waals surface area contributed by atoms with Gasteiger partial charge >= 0.3 is 5.97 Å². The van der Waals surface area contributed by atoms with Crippen LogP contribution in [0.15, 0.2) is 12.2 Å². The zero-order valence-corrected chi connectivity index (χ0v) is 19.0. The monoisotopic (exact) mass is 392 g/mol. The quantitative estimate of drug-likeness (QED) is 0.211. The lowest BCUT2D eigenvalue weighted by Gasteiger charge is -2.05. The van der Waals surface area contributed by atoms with Crippen molar-refractivity contribution in [1.29, 1.82) is 0 Å². The molecule has 1 N–H and O–H groups in total. The SMILES string of the molecule is C1=CC2CCC1C2.CCCCCCCCCCCCCCCCC(C)C(=O)O. The number of carboxylic acid groups (broad SMARTS) is 1. The van der Waals surface area contributed by atoms with Crippen molar-refractivity contribution in [3.8, 4) is 0 Å². The molecule has 164 valence electrons. The molecule has 0 radical (unpaired) electrons. The zero-order valence-electron chi connectivity index (χ0n) is 19.0. The molecule has 0 spiro atoms. The first-order valence-electron chi connectivity index (χ1n) is 12.5. The number of aliphatic carboxylic acids is 1. The molecule has 0 heterocycles. The highest BCUT2D eigenvalue weighted by molar-refractivity contribution is 5.69. The Bertz CT molecular complexity index is 389. The topological polar surface area (TPSA) is 37.3 Å². The zero-order chi connectivity index (χ0) is 20.5. The van der Waals surface area contributed by atoms with E-state index in [9.17, 15) is 4.79 Å². The summed E-state index contributed by atoms with van der Waals surface area (Å²) in [6.07, 6.45) is 29.0. The van der Waals surface area contributed by atoms with Crippen LogP contribution in [0.25, 0.3) is 0 Å². The van der Waals surface area contributed by atoms with Gasteiger partial charge in [0.1, 0.15) is 0 Å². The molecule has 2 bridgehead atoms. The number of rotatable bonds is 16. The van der Waals surface area contributed by atoms with Crippen LogP contribution in [0.3, 0.4) is 0 Å². The van der Waals surface area contributed by atoms with E-state index in [2.05, 4.69) is 19.1 Å². The van der Waals surface area contributed by atoms with Gasteiger partial charge in [0.15, 0.2) is 0 Å². The number of allylic oxidation sites excluding steroid dienone is 2. The summed E-state index contributed by atoms with van der Waals surface area (Å²) in [5.74, 6) is 1.17. The molecule has 2 aliphatic carbocycles. The second-order valence-corrected chi connectivity index (χ2v) is 9.34. The first-order chi connectivity index (χ1) is 13.6. The lowest BCUT2D eigenvalue weighted by atomic mass is 10.0. The van der Waals surface area contributed by atoms with Gasteiger partial charge in [-0.05, 0) is 37.5 Å². The molecule has 0 amide bonds. The van der Waals surface area contributed by atoms with Gasteiger partial charge in [0, 0.05) is 0 Å². The fourth-order valence-corrected chi connectivity index (χ4v) is 4.49. The van der Waals surface area contributed by atoms with Gasteiger partial charge in [-0.15, -0.1) is 0 Å². The normalized spacial score (nSPS) is 20.8. The third-order valence-corrected chi connectivity index (χ3v) is 6.58. The molecule has 2 nitrogen and oxygen atoms in total. The third-order valence-electron chi connectivity index (χ3n) is 6.58. The maximum absolute atomic E-state index is 10.7. The molecule has 3 unspecified atom stereocenters. The third kappa shape index (κ3) is 13.4. The minimum absolute atomic E-state index is 0.165. The van der Waals surface area contributed by atoms with Crippen molar-refractivity contribution in [2.75, 3.05) is 0 Å². The lowest BCUT2D eigenvalue weighted by Crippen LogP contribution is -2.08. The van der Waals surface area contributed by atoms with Gasteiger partial charge in [-0.1, -0.05) is 116 Å². The number of unbranched alkanes of at least 4 members (excludes halogenated alkanes) is 13. The van der Waals surface area contributed by atoms with Crippen LogP contribution < -0.4 is 0 Å². The second-order valence-electron chi connectivity index (χ2n) is 9.34. The Hall–Kier alpha value is -0.790. The van der Waals surface area contributed by atoms with Crippen LogP contribution in [0.1, 0.15) is 129 Å². The highest BCUT2D eigenvalue weighted by Crippen LogP contribution is 2.38. The van der Waals surface area contributed by atoms with Crippen molar-refractivity contribution < 1.29 is 9.90 Å². The van der Waals surface area contributed by atoms with Crippen molar-refractivity contribution in [1.82, 2.24) is 0 Å². The molecule has 1 saturated carbocycles. The largest absolute Gasteiger partial charge is 0.481 e. The highest BCUT2D eigenvalue weighted by Gasteiger charge is 2.25. The maximum atomic E-state index is 10.7. The summed E-state index contributed by atoms with van der Waals surface area (Å²) in [4.78, 5) is 10.7. The predicted molar refractivity (Wildman–Crippen MR) is 122 cm³/mol. The van der Waals surface area contributed by atoms with E-state index in [4.69, 9.17) is 5.11 Å². The number of carbonyl (C=O) groups is 1. The van der Waals surface area contributed by atoms with Gasteiger partial charge in [0.05, 0.1) is 5.92 Å². The Morgan fingerprint density at radius 2 is 1.18 bits per heavy atom. The van der Waals surface area contributed by atoms with Gasteiger partial charge in [-0.25, -0.2) is 0 Å². The number of hydrogen-bond acceptors (Lipinski definition) is 1. The van der Waals surface area contributed by atoms with E-state index in [0.29, 0.717) is 0 Å². The summed E-state index contributed by atoms with van der Waals surface area (Å²) < 4.78 is 0. The molecule has 0 saturated heterocycles. The molecule has 0 aromatic heterocycles. The van der Waals surface area contributed by atoms with Crippen molar-refractivity contribution in [2.24, 2.45) is 17.8 Å². The van der Waals surface area contributed by atoms with E-state index in [0.717, 1.165) is 24.7 Å². The molecule has 2 aliphatic rings. The van der Waals surface area contributed by atoms with Crippen molar-refractivity contribution >= 4 is 5.97 Å². The molecule has 2 rings (SSSR count). The Morgan fingerprint density at radius 3 is 1.46 bits per heavy atom. The number of hydrogen-bond donors (Lipinski definition) is 1. The van der Waals surface area contributed by atoms with Gasteiger partial charge < -0.3 is 5.11 Å². The number of fused-ring (bicyclic) bond motifs is 2. The summed E-state index contributed by atoms with van der Waals surface area (Å²) in [7, 11) is 0. The van der Waals surface area contributed by atoms with E-state index in [-0.39, 0.29) is 5.92 Å². The molecular weight excluding hydrogens is 344 g/mol. The van der Waals surface area contributed by atoms with Crippen molar-refractivity contribution in [3.63, 3.8) is 0 Å². The Labute approximate surface area is 175 Å². The Morgan fingerprint density at radius 1 is 0.786 bits per heavy atom. The molecule has 0 aromatic carbocycles. The minimum atomic E-state index is -0.648. The van der Waals surface area contributed by atoms with Crippen LogP contribution in [-0.4, -0.2) is 11.1 Å². The van der Waals surface area contributed by atoms with E-state index in [1.807, 2.05) is 6.92 Å². The summed E-state index contributed by atoms with van der Waals surface area (Å²) >= 11 is 0. The van der Waals surface area contributed by atoms with Gasteiger partial charge in [0.25, 0.3) is 0 Å². The fourth-order valence-electron chi connectivity index (χ4n) is 4.49. The van der Waals surface area contributed by atoms with Gasteiger partial charge in [-0.3, -0.25) is 4.79 Å². The molecule has 1 fully saturated rings. The molecular formula is C26H48O2. The van der Waals surface area contributed by atoms with E-state index in [1.54, 1.807) is 0 Å². The smallest absolute Gasteiger partial charge is 0.306 e. The Kier molecular flexibility index (Phi) is 15.4. The van der Waals surface area contributed by atoms with Crippen LogP contribution in [-0.2, 0) is 4.79 Å². The van der Waals surface area contributed by atoms with Crippen LogP contribution in [0.4, 0.5) is 0 Å². The molecule has 0 aliphatic heterocycles. The molecule has 0 aromatic rings. The lowest BCUT2D eigenvalue weighted by molar-refractivity contribution is -0.141. The Balaban J connectivity index is 0.000000453. The first-order valence-corrected chi connectivity index (χ1v) is 12.5. The predicted octanol–water partition coefficient (Wildman–Crippen LogP) is 8.55. The minimum Gasteiger partial charge on any atom is -0.481 e. The van der Waals surface area contributed by atoms with Crippen LogP contribution in [0.2, 0.25) is 0 Å². The van der Waals surface area contributed by atoms with E-state index < -0.39 is 5.97 Å². The summed E-state index contributed by atoms with van der Waals surface area (Å²) in [5.41, 5.74) is 0. The van der Waals surface area contributed by atoms with Crippen molar-refractivity contribution in [3.05, 3.63) is 12.2 Å². The van der Waals surface area contributed by atoms with Gasteiger partial charge in [0.2, 0.25) is 0 Å². The summed E-state index contributed by atoms with van der Waals surface area (Å²) in [5, 5.41) is 8.79. The van der Waals surface area contributed by atoms with Gasteiger partial charge in [-0.2, -0.15) is 0 Å². The summed E-state index contributed by atoms with van der Waals surface area (Å²) in [6.45, 7) is 4.08. The second kappa shape index (κ2) is 17.1. The maximum Gasteiger partial charge on any atom is 0.306 e. The standard InChI is InChI=1S/C19H38O2.C7H10/c1-3-4-5-6-7-8-9-10-11-12-13-14-15-16-17-18(2)19(20)21;1-2-7-4-3-6(1)5-7/h18H,3-17H2,1-2H3,(H,20,21);1-2,6-7H,3-5H2. The van der Waals surface area contributed by atoms with E-state index >= 15 is 0 Å². The van der Waals surface area contributed by atoms with E-state index in [1.165, 1.54) is 103 Å². The van der Waals surface area contributed by atoms with Crippen LogP contribution >= 0.6 is 0 Å². The average molecular weight is 393 g/mol. The highest BCUT2D eigenvalue weighted by atomic mass is 16.4. The summed E-state index contributed by atoms with van der Waals surface area (Å²) in [6, 6.07) is 0. The van der Waals surface area contributed by atoms with Crippen LogP contribution in [0, 0.1) is 17.8 Å².